The van der Waals surface area contributed by atoms with Crippen LogP contribution in [-0.2, 0) is 13.6 Å². The molecule has 4 aromatic rings. The lowest BCUT2D eigenvalue weighted by Crippen LogP contribution is -2.40. The minimum Gasteiger partial charge on any atom is -0.396 e. The molecule has 162 valence electrons. The Morgan fingerprint density at radius 2 is 2.16 bits per heavy atom. The molecule has 1 aliphatic heterocycles. The second-order valence-corrected chi connectivity index (χ2v) is 8.97. The number of aliphatic hydroxyl groups excluding tert-OH is 1. The lowest BCUT2D eigenvalue weighted by atomic mass is 9.99. The minimum atomic E-state index is 0.195. The normalized spacial score (nSPS) is 17.0. The Morgan fingerprint density at radius 1 is 1.26 bits per heavy atom. The molecule has 1 aromatic carbocycles. The quantitative estimate of drug-likeness (QED) is 0.434. The van der Waals surface area contributed by atoms with E-state index in [9.17, 15) is 5.11 Å². The lowest BCUT2D eigenvalue weighted by molar-refractivity contribution is 0.262. The molecule has 3 aromatic heterocycles. The second kappa shape index (κ2) is 8.47. The van der Waals surface area contributed by atoms with Gasteiger partial charge in [-0.05, 0) is 59.3 Å². The van der Waals surface area contributed by atoms with Gasteiger partial charge in [0, 0.05) is 38.9 Å². The number of fused-ring (bicyclic) bond motifs is 2. The summed E-state index contributed by atoms with van der Waals surface area (Å²) in [6.07, 6.45) is 7.80. The fourth-order valence-corrected chi connectivity index (χ4v) is 4.78. The molecule has 0 saturated carbocycles. The van der Waals surface area contributed by atoms with Crippen LogP contribution in [0.15, 0.2) is 41.3 Å². The van der Waals surface area contributed by atoms with Crippen molar-refractivity contribution < 1.29 is 5.11 Å². The van der Waals surface area contributed by atoms with Crippen molar-refractivity contribution in [3.8, 4) is 0 Å². The van der Waals surface area contributed by atoms with Crippen LogP contribution >= 0.6 is 15.9 Å². The van der Waals surface area contributed by atoms with E-state index >= 15 is 0 Å². The maximum Gasteiger partial charge on any atom is 0.173 e. The van der Waals surface area contributed by atoms with Gasteiger partial charge in [0.2, 0.25) is 0 Å². The van der Waals surface area contributed by atoms with E-state index in [1.807, 2.05) is 22.5 Å². The van der Waals surface area contributed by atoms with E-state index in [0.717, 1.165) is 64.2 Å². The van der Waals surface area contributed by atoms with Crippen LogP contribution in [0.1, 0.15) is 31.2 Å². The third kappa shape index (κ3) is 3.87. The Hall–Kier alpha value is -2.65. The lowest BCUT2D eigenvalue weighted by Gasteiger charge is -2.36. The van der Waals surface area contributed by atoms with Gasteiger partial charge in [0.15, 0.2) is 5.65 Å². The topological polar surface area (TPSA) is 83.5 Å². The summed E-state index contributed by atoms with van der Waals surface area (Å²) in [6, 6.07) is 8.72. The largest absolute Gasteiger partial charge is 0.396 e. The highest BCUT2D eigenvalue weighted by molar-refractivity contribution is 9.10. The van der Waals surface area contributed by atoms with Crippen molar-refractivity contribution >= 4 is 44.2 Å². The van der Waals surface area contributed by atoms with Crippen LogP contribution in [0.5, 0.6) is 0 Å². The van der Waals surface area contributed by atoms with Crippen molar-refractivity contribution in [3.63, 3.8) is 0 Å². The molecule has 0 bridgehead atoms. The molecule has 1 unspecified atom stereocenters. The van der Waals surface area contributed by atoms with Crippen LogP contribution in [-0.4, -0.2) is 48.4 Å². The number of rotatable bonds is 6. The van der Waals surface area contributed by atoms with E-state index < -0.39 is 0 Å². The molecule has 1 fully saturated rings. The van der Waals surface area contributed by atoms with Crippen LogP contribution in [0.3, 0.4) is 0 Å². The summed E-state index contributed by atoms with van der Waals surface area (Å²) in [4.78, 5) is 11.7. The maximum absolute atomic E-state index is 9.52. The fourth-order valence-electron chi connectivity index (χ4n) is 4.43. The third-order valence-electron chi connectivity index (χ3n) is 6.06. The van der Waals surface area contributed by atoms with E-state index in [1.165, 1.54) is 6.42 Å². The Bertz CT molecular complexity index is 1220. The SMILES string of the molecule is Cn1cnc2cc(CNc3cc(N4CCCCC4CCO)nc4c(Br)cnn34)ccc21. The Labute approximate surface area is 189 Å². The van der Waals surface area contributed by atoms with E-state index in [4.69, 9.17) is 4.98 Å². The van der Waals surface area contributed by atoms with Crippen molar-refractivity contribution in [1.82, 2.24) is 24.1 Å². The summed E-state index contributed by atoms with van der Waals surface area (Å²) < 4.78 is 4.72. The predicted molar refractivity (Wildman–Crippen MR) is 125 cm³/mol. The van der Waals surface area contributed by atoms with Crippen LogP contribution in [0, 0.1) is 0 Å². The Morgan fingerprint density at radius 3 is 3.03 bits per heavy atom. The fraction of sp³-hybridized carbons (Fsp3) is 0.409. The van der Waals surface area contributed by atoms with Gasteiger partial charge in [-0.25, -0.2) is 9.97 Å². The molecule has 1 aliphatic rings. The van der Waals surface area contributed by atoms with Crippen molar-refractivity contribution in [3.05, 3.63) is 46.8 Å². The van der Waals surface area contributed by atoms with Crippen LogP contribution in [0.4, 0.5) is 11.6 Å². The predicted octanol–water partition coefficient (Wildman–Crippen LogP) is 3.73. The molecule has 8 nitrogen and oxygen atoms in total. The van der Waals surface area contributed by atoms with Gasteiger partial charge in [-0.3, -0.25) is 0 Å². The highest BCUT2D eigenvalue weighted by atomic mass is 79.9. The third-order valence-corrected chi connectivity index (χ3v) is 6.62. The number of nitrogens with zero attached hydrogens (tertiary/aromatic N) is 6. The molecule has 9 heteroatoms. The van der Waals surface area contributed by atoms with Crippen LogP contribution in [0.2, 0.25) is 0 Å². The van der Waals surface area contributed by atoms with Gasteiger partial charge < -0.3 is 19.9 Å². The number of benzene rings is 1. The first-order valence-electron chi connectivity index (χ1n) is 10.7. The molecule has 31 heavy (non-hydrogen) atoms. The van der Waals surface area contributed by atoms with Gasteiger partial charge >= 0.3 is 0 Å². The zero-order chi connectivity index (χ0) is 21.4. The number of hydrogen-bond acceptors (Lipinski definition) is 6. The molecule has 0 aliphatic carbocycles. The van der Waals surface area contributed by atoms with Gasteiger partial charge in [0.25, 0.3) is 0 Å². The van der Waals surface area contributed by atoms with Gasteiger partial charge in [-0.2, -0.15) is 9.61 Å². The van der Waals surface area contributed by atoms with Gasteiger partial charge in [0.05, 0.1) is 28.0 Å². The molecule has 0 spiro atoms. The average molecular weight is 484 g/mol. The monoisotopic (exact) mass is 483 g/mol. The number of anilines is 2. The smallest absolute Gasteiger partial charge is 0.173 e. The highest BCUT2D eigenvalue weighted by Crippen LogP contribution is 2.30. The van der Waals surface area contributed by atoms with Gasteiger partial charge in [-0.1, -0.05) is 6.07 Å². The van der Waals surface area contributed by atoms with E-state index in [0.29, 0.717) is 12.6 Å². The zero-order valence-electron chi connectivity index (χ0n) is 17.5. The summed E-state index contributed by atoms with van der Waals surface area (Å²) in [5.41, 5.74) is 4.05. The number of piperidine rings is 1. The van der Waals surface area contributed by atoms with E-state index in [1.54, 1.807) is 6.20 Å². The first-order chi connectivity index (χ1) is 15.1. The van der Waals surface area contributed by atoms with Crippen LogP contribution in [0.25, 0.3) is 16.7 Å². The molecular formula is C22H26BrN7O. The van der Waals surface area contributed by atoms with E-state index in [2.05, 4.69) is 60.5 Å². The number of imidazole rings is 1. The minimum absolute atomic E-state index is 0.195. The number of hydrogen-bond donors (Lipinski definition) is 2. The zero-order valence-corrected chi connectivity index (χ0v) is 19.1. The molecule has 0 amide bonds. The van der Waals surface area contributed by atoms with Crippen LogP contribution < -0.4 is 10.2 Å². The molecule has 2 N–H and O–H groups in total. The molecule has 0 radical (unpaired) electrons. The average Bonchev–Trinajstić information content (AvgIpc) is 3.35. The highest BCUT2D eigenvalue weighted by Gasteiger charge is 2.24. The van der Waals surface area contributed by atoms with Crippen molar-refractivity contribution in [1.29, 1.82) is 0 Å². The first kappa shape index (κ1) is 20.3. The molecular weight excluding hydrogens is 458 g/mol. The number of aliphatic hydroxyl groups is 1. The standard InChI is InChI=1S/C22H26BrN7O/c1-28-14-25-18-10-15(5-6-19(18)28)12-24-20-11-21(27-22-17(23)13-26-30(20)22)29-8-3-2-4-16(29)7-9-31/h5-6,10-11,13-14,16,24,31H,2-4,7-9,12H2,1H3. The summed E-state index contributed by atoms with van der Waals surface area (Å²) >= 11 is 3.59. The number of aryl methyl sites for hydroxylation is 1. The Balaban J connectivity index is 1.46. The van der Waals surface area contributed by atoms with Crippen molar-refractivity contribution in [2.75, 3.05) is 23.4 Å². The molecule has 5 rings (SSSR count). The molecule has 1 atom stereocenters. The summed E-state index contributed by atoms with van der Waals surface area (Å²) in [5.74, 6) is 1.81. The van der Waals surface area contributed by atoms with Crippen molar-refractivity contribution in [2.24, 2.45) is 7.05 Å². The van der Waals surface area contributed by atoms with E-state index in [-0.39, 0.29) is 6.61 Å². The number of nitrogens with one attached hydrogen (secondary N) is 1. The second-order valence-electron chi connectivity index (χ2n) is 8.11. The Kier molecular flexibility index (Phi) is 5.54. The van der Waals surface area contributed by atoms with Crippen molar-refractivity contribution in [2.45, 2.75) is 38.3 Å². The number of aromatic nitrogens is 5. The summed E-state index contributed by atoms with van der Waals surface area (Å²) in [7, 11) is 2.00. The van der Waals surface area contributed by atoms with Gasteiger partial charge in [-0.15, -0.1) is 0 Å². The first-order valence-corrected chi connectivity index (χ1v) is 11.5. The number of halogens is 1. The summed E-state index contributed by atoms with van der Waals surface area (Å²) in [6.45, 7) is 1.80. The summed E-state index contributed by atoms with van der Waals surface area (Å²) in [5, 5.41) is 17.6. The van der Waals surface area contributed by atoms with Gasteiger partial charge in [0.1, 0.15) is 11.6 Å². The maximum atomic E-state index is 9.52. The molecule has 4 heterocycles. The molecule has 1 saturated heterocycles.